The van der Waals surface area contributed by atoms with E-state index in [4.69, 9.17) is 12.2 Å². The van der Waals surface area contributed by atoms with Crippen LogP contribution < -0.4 is 10.6 Å². The van der Waals surface area contributed by atoms with Crippen LogP contribution in [-0.2, 0) is 19.6 Å². The van der Waals surface area contributed by atoms with E-state index in [2.05, 4.69) is 34.7 Å². The highest BCUT2D eigenvalue weighted by atomic mass is 32.1. The van der Waals surface area contributed by atoms with Gasteiger partial charge in [0.1, 0.15) is 0 Å². The number of hydrogen-bond donors (Lipinski definition) is 2. The summed E-state index contributed by atoms with van der Waals surface area (Å²) in [6.45, 7) is 7.44. The fourth-order valence-electron chi connectivity index (χ4n) is 1.98. The molecule has 0 aromatic carbocycles. The molecule has 0 atom stereocenters. The van der Waals surface area contributed by atoms with E-state index in [1.54, 1.807) is 0 Å². The van der Waals surface area contributed by atoms with Gasteiger partial charge in [0.2, 0.25) is 0 Å². The molecule has 2 aromatic rings. The molecule has 0 aliphatic carbocycles. The number of rotatable bonds is 7. The largest absolute Gasteiger partial charge is 0.363 e. The van der Waals surface area contributed by atoms with Gasteiger partial charge in [0.05, 0.1) is 6.20 Å². The van der Waals surface area contributed by atoms with Crippen LogP contribution in [0.4, 0.5) is 0 Å². The highest BCUT2D eigenvalue weighted by Crippen LogP contribution is 1.98. The van der Waals surface area contributed by atoms with Gasteiger partial charge in [-0.05, 0) is 38.6 Å². The second kappa shape index (κ2) is 7.78. The molecular formula is C14H22N6S. The second-order valence-corrected chi connectivity index (χ2v) is 5.27. The third kappa shape index (κ3) is 4.86. The summed E-state index contributed by atoms with van der Waals surface area (Å²) in [6, 6.07) is 2.01. The molecule has 0 aliphatic heterocycles. The maximum Gasteiger partial charge on any atom is 0.166 e. The summed E-state index contributed by atoms with van der Waals surface area (Å²) < 4.78 is 3.90. The highest BCUT2D eigenvalue weighted by Gasteiger charge is 2.00. The Bertz CT molecular complexity index is 574. The standard InChI is InChI=1S/C14H22N6S/c1-3-19-11-13(10-18-19)9-16-14(21)15-6-4-8-20-12(2)5-7-17-20/h5,7,10-11H,3-4,6,8-9H2,1-2H3,(H2,15,16,21). The van der Waals surface area contributed by atoms with E-state index in [9.17, 15) is 0 Å². The van der Waals surface area contributed by atoms with Crippen molar-refractivity contribution in [1.82, 2.24) is 30.2 Å². The topological polar surface area (TPSA) is 59.7 Å². The van der Waals surface area contributed by atoms with Gasteiger partial charge in [-0.25, -0.2) is 0 Å². The van der Waals surface area contributed by atoms with Crippen LogP contribution in [0, 0.1) is 6.92 Å². The molecule has 2 N–H and O–H groups in total. The molecule has 2 heterocycles. The van der Waals surface area contributed by atoms with Gasteiger partial charge in [-0.1, -0.05) is 0 Å². The average molecular weight is 306 g/mol. The molecule has 6 nitrogen and oxygen atoms in total. The number of nitrogens with zero attached hydrogens (tertiary/aromatic N) is 4. The van der Waals surface area contributed by atoms with E-state index in [1.807, 2.05) is 34.0 Å². The van der Waals surface area contributed by atoms with Crippen LogP contribution in [0.15, 0.2) is 24.7 Å². The maximum absolute atomic E-state index is 5.26. The van der Waals surface area contributed by atoms with Crippen LogP contribution in [0.5, 0.6) is 0 Å². The van der Waals surface area contributed by atoms with Crippen LogP contribution in [0.25, 0.3) is 0 Å². The molecule has 2 rings (SSSR count). The molecule has 21 heavy (non-hydrogen) atoms. The maximum atomic E-state index is 5.26. The van der Waals surface area contributed by atoms with E-state index in [0.29, 0.717) is 11.7 Å². The normalized spacial score (nSPS) is 10.6. The van der Waals surface area contributed by atoms with Crippen molar-refractivity contribution in [3.05, 3.63) is 35.9 Å². The first-order chi connectivity index (χ1) is 10.2. The Morgan fingerprint density at radius 2 is 2.19 bits per heavy atom. The molecule has 0 spiro atoms. The van der Waals surface area contributed by atoms with Gasteiger partial charge >= 0.3 is 0 Å². The van der Waals surface area contributed by atoms with E-state index in [-0.39, 0.29) is 0 Å². The predicted molar refractivity (Wildman–Crippen MR) is 86.9 cm³/mol. The number of nitrogens with one attached hydrogen (secondary N) is 2. The fourth-order valence-corrected chi connectivity index (χ4v) is 2.15. The lowest BCUT2D eigenvalue weighted by atomic mass is 10.3. The van der Waals surface area contributed by atoms with E-state index in [0.717, 1.165) is 31.6 Å². The molecule has 0 saturated carbocycles. The number of aromatic nitrogens is 4. The van der Waals surface area contributed by atoms with E-state index >= 15 is 0 Å². The Hall–Kier alpha value is -1.89. The molecular weight excluding hydrogens is 284 g/mol. The number of aryl methyl sites for hydroxylation is 3. The van der Waals surface area contributed by atoms with Crippen molar-refractivity contribution in [2.24, 2.45) is 0 Å². The second-order valence-electron chi connectivity index (χ2n) is 4.86. The first-order valence-corrected chi connectivity index (χ1v) is 7.61. The third-order valence-corrected chi connectivity index (χ3v) is 3.51. The smallest absolute Gasteiger partial charge is 0.166 e. The Balaban J connectivity index is 1.60. The van der Waals surface area contributed by atoms with Gasteiger partial charge in [0, 0.05) is 49.8 Å². The van der Waals surface area contributed by atoms with Crippen LogP contribution >= 0.6 is 12.2 Å². The van der Waals surface area contributed by atoms with Crippen LogP contribution in [0.1, 0.15) is 24.6 Å². The zero-order chi connectivity index (χ0) is 15.1. The summed E-state index contributed by atoms with van der Waals surface area (Å²) in [5.41, 5.74) is 2.32. The van der Waals surface area contributed by atoms with Crippen LogP contribution in [0.3, 0.4) is 0 Å². The molecule has 0 unspecified atom stereocenters. The number of hydrogen-bond acceptors (Lipinski definition) is 3. The van der Waals surface area contributed by atoms with Crippen molar-refractivity contribution >= 4 is 17.3 Å². The fraction of sp³-hybridized carbons (Fsp3) is 0.500. The van der Waals surface area contributed by atoms with Gasteiger partial charge in [-0.2, -0.15) is 10.2 Å². The lowest BCUT2D eigenvalue weighted by Gasteiger charge is -2.10. The monoisotopic (exact) mass is 306 g/mol. The third-order valence-electron chi connectivity index (χ3n) is 3.22. The summed E-state index contributed by atoms with van der Waals surface area (Å²) >= 11 is 5.26. The molecule has 0 saturated heterocycles. The van der Waals surface area contributed by atoms with Crippen molar-refractivity contribution < 1.29 is 0 Å². The average Bonchev–Trinajstić information content (AvgIpc) is 3.10. The minimum Gasteiger partial charge on any atom is -0.363 e. The van der Waals surface area contributed by atoms with Gasteiger partial charge in [-0.3, -0.25) is 9.36 Å². The van der Waals surface area contributed by atoms with E-state index in [1.165, 1.54) is 5.69 Å². The first kappa shape index (κ1) is 15.5. The zero-order valence-electron chi connectivity index (χ0n) is 12.5. The minimum absolute atomic E-state index is 0.677. The Labute approximate surface area is 130 Å². The molecule has 0 radical (unpaired) electrons. The van der Waals surface area contributed by atoms with E-state index < -0.39 is 0 Å². The Morgan fingerprint density at radius 3 is 2.86 bits per heavy atom. The Kier molecular flexibility index (Phi) is 5.74. The molecule has 2 aromatic heterocycles. The lowest BCUT2D eigenvalue weighted by Crippen LogP contribution is -2.35. The lowest BCUT2D eigenvalue weighted by molar-refractivity contribution is 0.559. The number of thiocarbonyl (C=S) groups is 1. The summed E-state index contributed by atoms with van der Waals surface area (Å²) in [5.74, 6) is 0. The van der Waals surface area contributed by atoms with Crippen molar-refractivity contribution in [1.29, 1.82) is 0 Å². The summed E-state index contributed by atoms with van der Waals surface area (Å²) in [6.07, 6.45) is 6.69. The molecule has 0 aliphatic rings. The molecule has 0 bridgehead atoms. The van der Waals surface area contributed by atoms with Crippen molar-refractivity contribution in [3.8, 4) is 0 Å². The quantitative estimate of drug-likeness (QED) is 0.599. The van der Waals surface area contributed by atoms with Crippen LogP contribution in [-0.4, -0.2) is 31.2 Å². The molecule has 114 valence electrons. The Morgan fingerprint density at radius 1 is 1.33 bits per heavy atom. The van der Waals surface area contributed by atoms with Gasteiger partial charge in [0.25, 0.3) is 0 Å². The van der Waals surface area contributed by atoms with Gasteiger partial charge < -0.3 is 10.6 Å². The van der Waals surface area contributed by atoms with Crippen LogP contribution in [0.2, 0.25) is 0 Å². The summed E-state index contributed by atoms with van der Waals surface area (Å²) in [5, 5.41) is 15.5. The van der Waals surface area contributed by atoms with Gasteiger partial charge in [0.15, 0.2) is 5.11 Å². The van der Waals surface area contributed by atoms with Crippen molar-refractivity contribution in [3.63, 3.8) is 0 Å². The van der Waals surface area contributed by atoms with Crippen molar-refractivity contribution in [2.45, 2.75) is 39.9 Å². The summed E-state index contributed by atoms with van der Waals surface area (Å²) in [4.78, 5) is 0. The minimum atomic E-state index is 0.677. The molecule has 0 fully saturated rings. The molecule has 0 amide bonds. The first-order valence-electron chi connectivity index (χ1n) is 7.20. The highest BCUT2D eigenvalue weighted by molar-refractivity contribution is 7.80. The van der Waals surface area contributed by atoms with Gasteiger partial charge in [-0.15, -0.1) is 0 Å². The SMILES string of the molecule is CCn1cc(CNC(=S)NCCCn2nccc2C)cn1. The molecule has 7 heteroatoms. The zero-order valence-corrected chi connectivity index (χ0v) is 13.4. The predicted octanol–water partition coefficient (Wildman–Crippen LogP) is 1.46. The van der Waals surface area contributed by atoms with Crippen molar-refractivity contribution in [2.75, 3.05) is 6.54 Å². The summed E-state index contributed by atoms with van der Waals surface area (Å²) in [7, 11) is 0.